The first-order valence-electron chi connectivity index (χ1n) is 7.78. The van der Waals surface area contributed by atoms with Crippen LogP contribution < -0.4 is 5.73 Å². The summed E-state index contributed by atoms with van der Waals surface area (Å²) >= 11 is 0. The minimum Gasteiger partial charge on any atom is -0.325 e. The molecule has 0 atom stereocenters. The van der Waals surface area contributed by atoms with Crippen LogP contribution in [0.3, 0.4) is 0 Å². The van der Waals surface area contributed by atoms with Crippen molar-refractivity contribution in [3.63, 3.8) is 0 Å². The number of rotatable bonds is 6. The Morgan fingerprint density at radius 2 is 1.29 bits per heavy atom. The van der Waals surface area contributed by atoms with E-state index in [9.17, 15) is 0 Å². The SMILES string of the molecule is CCC(N)(CC)CC=C(c1ccccc1)c1ccccc1. The van der Waals surface area contributed by atoms with Crippen molar-refractivity contribution in [2.75, 3.05) is 0 Å². The lowest BCUT2D eigenvalue weighted by Gasteiger charge is -2.25. The van der Waals surface area contributed by atoms with Gasteiger partial charge in [0.25, 0.3) is 0 Å². The predicted octanol–water partition coefficient (Wildman–Crippen LogP) is 5.03. The van der Waals surface area contributed by atoms with Gasteiger partial charge in [0.2, 0.25) is 0 Å². The average Bonchev–Trinajstić information content (AvgIpc) is 2.57. The average molecular weight is 279 g/mol. The Morgan fingerprint density at radius 3 is 1.67 bits per heavy atom. The van der Waals surface area contributed by atoms with Crippen LogP contribution in [0.1, 0.15) is 44.2 Å². The van der Waals surface area contributed by atoms with E-state index in [4.69, 9.17) is 5.73 Å². The monoisotopic (exact) mass is 279 g/mol. The second kappa shape index (κ2) is 7.24. The van der Waals surface area contributed by atoms with Crippen LogP contribution in [0.5, 0.6) is 0 Å². The summed E-state index contributed by atoms with van der Waals surface area (Å²) in [5.74, 6) is 0. The molecule has 0 aromatic heterocycles. The van der Waals surface area contributed by atoms with Crippen LogP contribution >= 0.6 is 0 Å². The molecule has 110 valence electrons. The van der Waals surface area contributed by atoms with Gasteiger partial charge in [-0.05, 0) is 36.0 Å². The van der Waals surface area contributed by atoms with E-state index in [0.29, 0.717) is 0 Å². The van der Waals surface area contributed by atoms with Crippen LogP contribution in [0.4, 0.5) is 0 Å². The molecule has 0 fully saturated rings. The van der Waals surface area contributed by atoms with Crippen molar-refractivity contribution < 1.29 is 0 Å². The molecule has 0 aliphatic rings. The fourth-order valence-corrected chi connectivity index (χ4v) is 2.48. The highest BCUT2D eigenvalue weighted by molar-refractivity contribution is 5.79. The topological polar surface area (TPSA) is 26.0 Å². The van der Waals surface area contributed by atoms with Gasteiger partial charge >= 0.3 is 0 Å². The van der Waals surface area contributed by atoms with Gasteiger partial charge in [-0.1, -0.05) is 80.6 Å². The molecule has 2 rings (SSSR count). The Bertz CT molecular complexity index is 524. The number of hydrogen-bond donors (Lipinski definition) is 1. The summed E-state index contributed by atoms with van der Waals surface area (Å²) in [7, 11) is 0. The highest BCUT2D eigenvalue weighted by atomic mass is 14.7. The fourth-order valence-electron chi connectivity index (χ4n) is 2.48. The van der Waals surface area contributed by atoms with Crippen LogP contribution in [0.2, 0.25) is 0 Å². The van der Waals surface area contributed by atoms with Gasteiger partial charge in [-0.3, -0.25) is 0 Å². The smallest absolute Gasteiger partial charge is 0.0184 e. The Morgan fingerprint density at radius 1 is 0.857 bits per heavy atom. The second-order valence-electron chi connectivity index (χ2n) is 5.62. The van der Waals surface area contributed by atoms with Crippen molar-refractivity contribution >= 4 is 5.57 Å². The highest BCUT2D eigenvalue weighted by Gasteiger charge is 2.19. The largest absolute Gasteiger partial charge is 0.325 e. The molecule has 1 heteroatoms. The third-order valence-electron chi connectivity index (χ3n) is 4.29. The standard InChI is InChI=1S/C20H25N/c1-3-20(21,4-2)16-15-19(17-11-7-5-8-12-17)18-13-9-6-10-14-18/h5-15H,3-4,16,21H2,1-2H3. The minimum absolute atomic E-state index is 0.102. The van der Waals surface area contributed by atoms with Gasteiger partial charge in [-0.15, -0.1) is 0 Å². The zero-order chi connectivity index (χ0) is 15.1. The molecule has 1 nitrogen and oxygen atoms in total. The summed E-state index contributed by atoms with van der Waals surface area (Å²) in [6, 6.07) is 21.1. The maximum atomic E-state index is 6.46. The quantitative estimate of drug-likeness (QED) is 0.789. The Kier molecular flexibility index (Phi) is 5.35. The van der Waals surface area contributed by atoms with Crippen LogP contribution in [0.15, 0.2) is 66.7 Å². The van der Waals surface area contributed by atoms with Crippen LogP contribution in [0.25, 0.3) is 5.57 Å². The first-order valence-corrected chi connectivity index (χ1v) is 7.78. The molecule has 0 aliphatic carbocycles. The van der Waals surface area contributed by atoms with E-state index < -0.39 is 0 Å². The van der Waals surface area contributed by atoms with Crippen molar-refractivity contribution in [1.82, 2.24) is 0 Å². The molecule has 2 N–H and O–H groups in total. The van der Waals surface area contributed by atoms with Gasteiger partial charge in [-0.25, -0.2) is 0 Å². The summed E-state index contributed by atoms with van der Waals surface area (Å²) in [4.78, 5) is 0. The van der Waals surface area contributed by atoms with Crippen molar-refractivity contribution in [3.8, 4) is 0 Å². The molecule has 0 spiro atoms. The Labute approximate surface area is 128 Å². The number of hydrogen-bond acceptors (Lipinski definition) is 1. The number of benzene rings is 2. The van der Waals surface area contributed by atoms with Crippen LogP contribution in [-0.2, 0) is 0 Å². The summed E-state index contributed by atoms with van der Waals surface area (Å²) in [5.41, 5.74) is 10.1. The lowest BCUT2D eigenvalue weighted by Crippen LogP contribution is -2.37. The van der Waals surface area contributed by atoms with E-state index >= 15 is 0 Å². The molecule has 21 heavy (non-hydrogen) atoms. The van der Waals surface area contributed by atoms with Gasteiger partial charge in [0.15, 0.2) is 0 Å². The van der Waals surface area contributed by atoms with E-state index in [2.05, 4.69) is 80.6 Å². The van der Waals surface area contributed by atoms with Gasteiger partial charge in [-0.2, -0.15) is 0 Å². The molecule has 0 bridgehead atoms. The van der Waals surface area contributed by atoms with Gasteiger partial charge < -0.3 is 5.73 Å². The molecule has 0 aliphatic heterocycles. The van der Waals surface area contributed by atoms with Crippen molar-refractivity contribution in [1.29, 1.82) is 0 Å². The second-order valence-corrected chi connectivity index (χ2v) is 5.62. The van der Waals surface area contributed by atoms with Gasteiger partial charge in [0.05, 0.1) is 0 Å². The lowest BCUT2D eigenvalue weighted by atomic mass is 9.87. The summed E-state index contributed by atoms with van der Waals surface area (Å²) in [6.07, 6.45) is 5.20. The molecule has 0 unspecified atom stereocenters. The molecule has 0 amide bonds. The molecule has 0 saturated carbocycles. The minimum atomic E-state index is -0.102. The zero-order valence-electron chi connectivity index (χ0n) is 13.0. The van der Waals surface area contributed by atoms with Crippen LogP contribution in [0, 0.1) is 0 Å². The van der Waals surface area contributed by atoms with Crippen molar-refractivity contribution in [2.24, 2.45) is 5.73 Å². The molecule has 0 saturated heterocycles. The fraction of sp³-hybridized carbons (Fsp3) is 0.300. The third-order valence-corrected chi connectivity index (χ3v) is 4.29. The van der Waals surface area contributed by atoms with E-state index in [1.807, 2.05) is 0 Å². The van der Waals surface area contributed by atoms with E-state index in [-0.39, 0.29) is 5.54 Å². The first-order chi connectivity index (χ1) is 10.2. The third kappa shape index (κ3) is 4.05. The summed E-state index contributed by atoms with van der Waals surface area (Å²) < 4.78 is 0. The molecular formula is C20H25N. The van der Waals surface area contributed by atoms with E-state index in [1.165, 1.54) is 16.7 Å². The van der Waals surface area contributed by atoms with E-state index in [1.54, 1.807) is 0 Å². The molecule has 0 heterocycles. The molecule has 2 aromatic rings. The van der Waals surface area contributed by atoms with Gasteiger partial charge in [0, 0.05) is 5.54 Å². The van der Waals surface area contributed by atoms with Crippen molar-refractivity contribution in [3.05, 3.63) is 77.9 Å². The predicted molar refractivity (Wildman–Crippen MR) is 92.1 cm³/mol. The maximum Gasteiger partial charge on any atom is 0.0184 e. The summed E-state index contributed by atoms with van der Waals surface area (Å²) in [5, 5.41) is 0. The molecule has 2 aromatic carbocycles. The first kappa shape index (κ1) is 15.5. The molecular weight excluding hydrogens is 254 g/mol. The van der Waals surface area contributed by atoms with Gasteiger partial charge in [0.1, 0.15) is 0 Å². The Hall–Kier alpha value is -1.86. The zero-order valence-corrected chi connectivity index (χ0v) is 13.0. The normalized spacial score (nSPS) is 11.2. The number of nitrogens with two attached hydrogens (primary N) is 1. The summed E-state index contributed by atoms with van der Waals surface area (Å²) in [6.45, 7) is 4.34. The highest BCUT2D eigenvalue weighted by Crippen LogP contribution is 2.26. The van der Waals surface area contributed by atoms with Crippen LogP contribution in [-0.4, -0.2) is 5.54 Å². The molecule has 0 radical (unpaired) electrons. The van der Waals surface area contributed by atoms with Crippen molar-refractivity contribution in [2.45, 2.75) is 38.6 Å². The maximum absolute atomic E-state index is 6.46. The van der Waals surface area contributed by atoms with E-state index in [0.717, 1.165) is 19.3 Å². The Balaban J connectivity index is 2.38. The lowest BCUT2D eigenvalue weighted by molar-refractivity contribution is 0.401.